The summed E-state index contributed by atoms with van der Waals surface area (Å²) in [4.78, 5) is 13.8. The summed E-state index contributed by atoms with van der Waals surface area (Å²) in [5.74, 6) is -1.45. The summed E-state index contributed by atoms with van der Waals surface area (Å²) in [5.41, 5.74) is 6.51. The smallest absolute Gasteiger partial charge is 0.261 e. The van der Waals surface area contributed by atoms with E-state index in [0.717, 1.165) is 18.2 Å². The van der Waals surface area contributed by atoms with Gasteiger partial charge in [-0.15, -0.1) is 0 Å². The van der Waals surface area contributed by atoms with Crippen LogP contribution >= 0.6 is 12.2 Å². The van der Waals surface area contributed by atoms with Gasteiger partial charge in [-0.05, 0) is 30.3 Å². The number of aromatic hydroxyl groups is 1. The number of hydrogen-bond acceptors (Lipinski definition) is 3. The Labute approximate surface area is 126 Å². The van der Waals surface area contributed by atoms with E-state index >= 15 is 0 Å². The summed E-state index contributed by atoms with van der Waals surface area (Å²) in [6, 6.07) is 10.0. The zero-order valence-electron chi connectivity index (χ0n) is 11.2. The summed E-state index contributed by atoms with van der Waals surface area (Å²) < 4.78 is 13.3. The van der Waals surface area contributed by atoms with Crippen molar-refractivity contribution in [3.8, 4) is 5.75 Å². The van der Waals surface area contributed by atoms with E-state index in [1.54, 1.807) is 24.3 Å². The Kier molecular flexibility index (Phi) is 4.18. The van der Waals surface area contributed by atoms with Gasteiger partial charge in [0, 0.05) is 12.6 Å². The maximum absolute atomic E-state index is 13.3. The first kappa shape index (κ1) is 14.9. The third-order valence-electron chi connectivity index (χ3n) is 3.02. The van der Waals surface area contributed by atoms with Crippen molar-refractivity contribution in [2.24, 2.45) is 5.73 Å². The summed E-state index contributed by atoms with van der Waals surface area (Å²) in [5, 5.41) is 9.72. The third kappa shape index (κ3) is 3.00. The highest BCUT2D eigenvalue weighted by Gasteiger charge is 2.20. The minimum Gasteiger partial charge on any atom is -0.507 e. The number of amides is 1. The van der Waals surface area contributed by atoms with E-state index in [0.29, 0.717) is 11.3 Å². The van der Waals surface area contributed by atoms with Crippen LogP contribution in [0.15, 0.2) is 42.5 Å². The Bertz CT molecular complexity index is 719. The van der Waals surface area contributed by atoms with Crippen molar-refractivity contribution in [1.82, 2.24) is 0 Å². The van der Waals surface area contributed by atoms with Crippen molar-refractivity contribution in [3.05, 3.63) is 59.4 Å². The van der Waals surface area contributed by atoms with Crippen molar-refractivity contribution in [3.63, 3.8) is 0 Å². The first-order chi connectivity index (χ1) is 9.91. The highest BCUT2D eigenvalue weighted by atomic mass is 32.1. The molecule has 108 valence electrons. The molecule has 0 fully saturated rings. The van der Waals surface area contributed by atoms with Gasteiger partial charge in [0.1, 0.15) is 16.6 Å². The number of carbonyl (C=O) groups is 1. The lowest BCUT2D eigenvalue weighted by atomic mass is 10.1. The molecule has 0 aliphatic rings. The van der Waals surface area contributed by atoms with E-state index < -0.39 is 11.7 Å². The number of phenols is 1. The van der Waals surface area contributed by atoms with Gasteiger partial charge in [0.25, 0.3) is 5.91 Å². The van der Waals surface area contributed by atoms with Crippen molar-refractivity contribution in [2.75, 3.05) is 11.9 Å². The van der Waals surface area contributed by atoms with Crippen LogP contribution in [0.5, 0.6) is 5.75 Å². The molecule has 0 radical (unpaired) electrons. The lowest BCUT2D eigenvalue weighted by Crippen LogP contribution is -2.28. The number of nitrogens with zero attached hydrogens (tertiary/aromatic N) is 1. The second kappa shape index (κ2) is 5.88. The monoisotopic (exact) mass is 304 g/mol. The Morgan fingerprint density at radius 2 is 1.90 bits per heavy atom. The number of benzene rings is 2. The number of phenolic OH excluding ortho intramolecular Hbond substituents is 1. The number of hydrogen-bond donors (Lipinski definition) is 2. The Morgan fingerprint density at radius 3 is 2.57 bits per heavy atom. The molecule has 0 aliphatic carbocycles. The van der Waals surface area contributed by atoms with Gasteiger partial charge in [0.15, 0.2) is 0 Å². The van der Waals surface area contributed by atoms with E-state index in [4.69, 9.17) is 18.0 Å². The maximum atomic E-state index is 13.3. The van der Waals surface area contributed by atoms with E-state index in [-0.39, 0.29) is 16.3 Å². The van der Waals surface area contributed by atoms with Crippen molar-refractivity contribution >= 4 is 28.8 Å². The predicted molar refractivity (Wildman–Crippen MR) is 83.1 cm³/mol. The number of thiocarbonyl (C=S) groups is 1. The highest BCUT2D eigenvalue weighted by molar-refractivity contribution is 7.80. The SMILES string of the molecule is CN(C(=O)c1cc(F)ccc1O)c1ccccc1C(N)=S. The van der Waals surface area contributed by atoms with Gasteiger partial charge in [-0.2, -0.15) is 0 Å². The number of carbonyl (C=O) groups excluding carboxylic acids is 1. The molecule has 6 heteroatoms. The van der Waals surface area contributed by atoms with Gasteiger partial charge in [-0.1, -0.05) is 24.4 Å². The molecule has 21 heavy (non-hydrogen) atoms. The average Bonchev–Trinajstić information content (AvgIpc) is 2.48. The van der Waals surface area contributed by atoms with Gasteiger partial charge < -0.3 is 15.7 Å². The molecule has 0 unspecified atom stereocenters. The number of halogens is 1. The fourth-order valence-corrected chi connectivity index (χ4v) is 2.12. The van der Waals surface area contributed by atoms with Gasteiger partial charge in [-0.25, -0.2) is 4.39 Å². The number of rotatable bonds is 3. The van der Waals surface area contributed by atoms with Crippen LogP contribution in [0.4, 0.5) is 10.1 Å². The molecule has 3 N–H and O–H groups in total. The second-order valence-electron chi connectivity index (χ2n) is 4.41. The van der Waals surface area contributed by atoms with Gasteiger partial charge in [0.2, 0.25) is 0 Å². The quantitative estimate of drug-likeness (QED) is 0.855. The minimum absolute atomic E-state index is 0.129. The van der Waals surface area contributed by atoms with Crippen LogP contribution in [-0.4, -0.2) is 23.0 Å². The lowest BCUT2D eigenvalue weighted by molar-refractivity contribution is 0.0990. The van der Waals surface area contributed by atoms with Crippen LogP contribution in [0, 0.1) is 5.82 Å². The molecule has 0 spiro atoms. The Hall–Kier alpha value is -2.47. The average molecular weight is 304 g/mol. The first-order valence-corrected chi connectivity index (χ1v) is 6.48. The second-order valence-corrected chi connectivity index (χ2v) is 4.85. The summed E-state index contributed by atoms with van der Waals surface area (Å²) in [6.07, 6.45) is 0. The fourth-order valence-electron chi connectivity index (χ4n) is 1.94. The molecular formula is C15H13FN2O2S. The zero-order chi connectivity index (χ0) is 15.6. The van der Waals surface area contributed by atoms with Crippen LogP contribution in [-0.2, 0) is 0 Å². The standard InChI is InChI=1S/C15H13FN2O2S/c1-18(12-5-3-2-4-10(12)14(17)21)15(20)11-8-9(16)6-7-13(11)19/h2-8,19H,1H3,(H2,17,21). The number of para-hydroxylation sites is 1. The van der Waals surface area contributed by atoms with Gasteiger partial charge >= 0.3 is 0 Å². The van der Waals surface area contributed by atoms with Crippen molar-refractivity contribution in [1.29, 1.82) is 0 Å². The van der Waals surface area contributed by atoms with Crippen LogP contribution in [0.2, 0.25) is 0 Å². The number of anilines is 1. The minimum atomic E-state index is -0.604. The summed E-state index contributed by atoms with van der Waals surface area (Å²) in [7, 11) is 1.50. The normalized spacial score (nSPS) is 10.2. The Morgan fingerprint density at radius 1 is 1.24 bits per heavy atom. The molecule has 2 aromatic rings. The molecule has 2 rings (SSSR count). The van der Waals surface area contributed by atoms with Gasteiger partial charge in [0.05, 0.1) is 11.3 Å². The zero-order valence-corrected chi connectivity index (χ0v) is 12.0. The van der Waals surface area contributed by atoms with E-state index in [1.165, 1.54) is 11.9 Å². The molecule has 0 saturated carbocycles. The molecule has 0 saturated heterocycles. The molecule has 0 bridgehead atoms. The summed E-state index contributed by atoms with van der Waals surface area (Å²) >= 11 is 4.95. The van der Waals surface area contributed by atoms with Crippen LogP contribution in [0.25, 0.3) is 0 Å². The van der Waals surface area contributed by atoms with Crippen LogP contribution in [0.3, 0.4) is 0 Å². The molecule has 0 heterocycles. The first-order valence-electron chi connectivity index (χ1n) is 6.07. The molecule has 0 aliphatic heterocycles. The molecule has 0 atom stereocenters. The molecule has 1 amide bonds. The fraction of sp³-hybridized carbons (Fsp3) is 0.0667. The largest absolute Gasteiger partial charge is 0.507 e. The molecule has 4 nitrogen and oxygen atoms in total. The molecular weight excluding hydrogens is 291 g/mol. The predicted octanol–water partition coefficient (Wildman–Crippen LogP) is 2.44. The molecule has 2 aromatic carbocycles. The van der Waals surface area contributed by atoms with E-state index in [9.17, 15) is 14.3 Å². The molecule has 0 aromatic heterocycles. The van der Waals surface area contributed by atoms with E-state index in [2.05, 4.69) is 0 Å². The van der Waals surface area contributed by atoms with E-state index in [1.807, 2.05) is 0 Å². The van der Waals surface area contributed by atoms with Crippen molar-refractivity contribution in [2.45, 2.75) is 0 Å². The van der Waals surface area contributed by atoms with Gasteiger partial charge in [-0.3, -0.25) is 4.79 Å². The lowest BCUT2D eigenvalue weighted by Gasteiger charge is -2.20. The number of nitrogens with two attached hydrogens (primary N) is 1. The maximum Gasteiger partial charge on any atom is 0.261 e. The van der Waals surface area contributed by atoms with Crippen molar-refractivity contribution < 1.29 is 14.3 Å². The topological polar surface area (TPSA) is 66.6 Å². The summed E-state index contributed by atoms with van der Waals surface area (Å²) in [6.45, 7) is 0. The van der Waals surface area contributed by atoms with Crippen LogP contribution in [0.1, 0.15) is 15.9 Å². The van der Waals surface area contributed by atoms with Crippen LogP contribution < -0.4 is 10.6 Å². The highest BCUT2D eigenvalue weighted by Crippen LogP contribution is 2.25. The Balaban J connectivity index is 2.45. The third-order valence-corrected chi connectivity index (χ3v) is 3.24.